The van der Waals surface area contributed by atoms with Crippen molar-refractivity contribution < 1.29 is 23.8 Å². The van der Waals surface area contributed by atoms with Crippen LogP contribution < -0.4 is 15.3 Å². The number of halogens is 2. The van der Waals surface area contributed by atoms with E-state index >= 15 is 0 Å². The zero-order valence-corrected chi connectivity index (χ0v) is 32.2. The molecule has 7 nitrogen and oxygen atoms in total. The van der Waals surface area contributed by atoms with Crippen LogP contribution in [0, 0.1) is 5.41 Å². The zero-order chi connectivity index (χ0) is 34.6. The van der Waals surface area contributed by atoms with E-state index in [9.17, 15) is 9.59 Å². The van der Waals surface area contributed by atoms with Crippen molar-refractivity contribution in [3.63, 3.8) is 0 Å². The molecule has 0 fully saturated rings. The molecule has 1 N–H and O–H groups in total. The number of benzene rings is 3. The van der Waals surface area contributed by atoms with Crippen molar-refractivity contribution >= 4 is 72.0 Å². The summed E-state index contributed by atoms with van der Waals surface area (Å²) in [4.78, 5) is 36.1. The third kappa shape index (κ3) is 8.55. The van der Waals surface area contributed by atoms with Gasteiger partial charge in [-0.1, -0.05) is 83.0 Å². The molecule has 1 aliphatic heterocycles. The number of hydrogen-bond acceptors (Lipinski definition) is 7. The van der Waals surface area contributed by atoms with Gasteiger partial charge < -0.3 is 19.2 Å². The number of fused-ring (bicyclic) bond motifs is 2. The minimum atomic E-state index is -0.714. The van der Waals surface area contributed by atoms with Gasteiger partial charge in [0.2, 0.25) is 0 Å². The molecule has 2 unspecified atom stereocenters. The highest BCUT2D eigenvalue weighted by molar-refractivity contribution is 9.10. The van der Waals surface area contributed by atoms with Crippen molar-refractivity contribution in [3.05, 3.63) is 93.0 Å². The van der Waals surface area contributed by atoms with E-state index in [0.717, 1.165) is 42.1 Å². The third-order valence-electron chi connectivity index (χ3n) is 7.94. The Morgan fingerprint density at radius 3 is 2.42 bits per heavy atom. The SMILES string of the molecule is CCOC(=O)C(C)(C)Cc1[nH]c2ccc(OC(Cc3ccc(Br)cc3)C3N=c4ccccc4=C3C(=O)OCCBr)cc2c1SC(C)(C)C. The van der Waals surface area contributed by atoms with Crippen LogP contribution in [0.25, 0.3) is 16.5 Å². The molecule has 2 atom stereocenters. The van der Waals surface area contributed by atoms with E-state index in [1.54, 1.807) is 11.8 Å². The maximum absolute atomic E-state index is 13.5. The Morgan fingerprint density at radius 2 is 1.73 bits per heavy atom. The number of nitrogens with one attached hydrogen (secondary N) is 1. The lowest BCUT2D eigenvalue weighted by molar-refractivity contribution is -0.153. The standard InChI is InChI=1S/C38H42Br2N2O5S/c1-7-45-36(44)38(5,6)22-30-34(48-37(2,3)4)27-21-25(16-17-29(27)41-30)47-31(20-23-12-14-24(40)15-13-23)33-32(35(43)46-19-18-39)26-10-8-9-11-28(26)42-33/h8-17,21,31,33,41H,7,18-20,22H2,1-6H3. The van der Waals surface area contributed by atoms with Gasteiger partial charge in [0.1, 0.15) is 24.5 Å². The molecule has 48 heavy (non-hydrogen) atoms. The minimum absolute atomic E-state index is 0.0905. The topological polar surface area (TPSA) is 90.0 Å². The maximum atomic E-state index is 13.5. The fraction of sp³-hybridized carbons (Fsp3) is 0.395. The van der Waals surface area contributed by atoms with Gasteiger partial charge in [-0.15, -0.1) is 11.8 Å². The Hall–Kier alpha value is -3.08. The van der Waals surface area contributed by atoms with E-state index in [-0.39, 0.29) is 17.3 Å². The van der Waals surface area contributed by atoms with Crippen molar-refractivity contribution in [2.75, 3.05) is 18.5 Å². The summed E-state index contributed by atoms with van der Waals surface area (Å²) in [5, 5.41) is 3.07. The number of nitrogens with zero attached hydrogens (tertiary/aromatic N) is 1. The van der Waals surface area contributed by atoms with Crippen LogP contribution in [0.15, 0.2) is 81.1 Å². The summed E-state index contributed by atoms with van der Waals surface area (Å²) in [5.74, 6) is 0.0458. The summed E-state index contributed by atoms with van der Waals surface area (Å²) in [7, 11) is 0. The lowest BCUT2D eigenvalue weighted by Crippen LogP contribution is -2.36. The number of aromatic nitrogens is 1. The van der Waals surface area contributed by atoms with Crippen LogP contribution in [0.4, 0.5) is 0 Å². The van der Waals surface area contributed by atoms with E-state index in [1.165, 1.54) is 0 Å². The van der Waals surface area contributed by atoms with Gasteiger partial charge in [0.05, 0.1) is 23.0 Å². The van der Waals surface area contributed by atoms with Crippen LogP contribution in [-0.2, 0) is 31.9 Å². The molecule has 0 spiro atoms. The minimum Gasteiger partial charge on any atom is -0.487 e. The molecule has 0 saturated heterocycles. The van der Waals surface area contributed by atoms with Crippen molar-refractivity contribution in [2.45, 2.75) is 76.2 Å². The van der Waals surface area contributed by atoms with Gasteiger partial charge in [-0.2, -0.15) is 0 Å². The monoisotopic (exact) mass is 796 g/mol. The molecule has 0 aliphatic carbocycles. The number of hydrogen-bond donors (Lipinski definition) is 1. The largest absolute Gasteiger partial charge is 0.487 e. The molecule has 1 aromatic heterocycles. The molecule has 1 aliphatic rings. The van der Waals surface area contributed by atoms with Gasteiger partial charge in [-0.3, -0.25) is 9.79 Å². The van der Waals surface area contributed by atoms with Crippen LogP contribution in [0.1, 0.15) is 52.8 Å². The first-order chi connectivity index (χ1) is 22.8. The Kier molecular flexibility index (Phi) is 11.5. The van der Waals surface area contributed by atoms with Crippen molar-refractivity contribution in [1.82, 2.24) is 4.98 Å². The predicted molar refractivity (Wildman–Crippen MR) is 199 cm³/mol. The van der Waals surface area contributed by atoms with E-state index in [0.29, 0.717) is 36.1 Å². The molecule has 0 radical (unpaired) electrons. The Labute approximate surface area is 303 Å². The fourth-order valence-electron chi connectivity index (χ4n) is 5.81. The average molecular weight is 799 g/mol. The molecule has 0 saturated carbocycles. The molecule has 10 heteroatoms. The van der Waals surface area contributed by atoms with Crippen LogP contribution in [0.3, 0.4) is 0 Å². The van der Waals surface area contributed by atoms with Gasteiger partial charge in [-0.05, 0) is 62.7 Å². The Morgan fingerprint density at radius 1 is 1.00 bits per heavy atom. The number of H-pyrrole nitrogens is 1. The highest BCUT2D eigenvalue weighted by Crippen LogP contribution is 2.42. The number of carbonyl (C=O) groups excluding carboxylic acids is 2. The number of alkyl halides is 1. The van der Waals surface area contributed by atoms with Crippen LogP contribution >= 0.6 is 43.6 Å². The Bertz CT molecular complexity index is 1910. The van der Waals surface area contributed by atoms with Gasteiger partial charge in [0.25, 0.3) is 0 Å². The van der Waals surface area contributed by atoms with Gasteiger partial charge in [-0.25, -0.2) is 4.79 Å². The smallest absolute Gasteiger partial charge is 0.337 e. The summed E-state index contributed by atoms with van der Waals surface area (Å²) in [6, 6.07) is 21.2. The summed E-state index contributed by atoms with van der Waals surface area (Å²) >= 11 is 8.66. The second kappa shape index (κ2) is 15.2. The zero-order valence-electron chi connectivity index (χ0n) is 28.2. The predicted octanol–water partition coefficient (Wildman–Crippen LogP) is 7.73. The highest BCUT2D eigenvalue weighted by atomic mass is 79.9. The first kappa shape index (κ1) is 36.2. The van der Waals surface area contributed by atoms with Crippen molar-refractivity contribution in [1.29, 1.82) is 0 Å². The van der Waals surface area contributed by atoms with Crippen LogP contribution in [0.5, 0.6) is 5.75 Å². The summed E-state index contributed by atoms with van der Waals surface area (Å²) in [6.45, 7) is 12.8. The number of thioether (sulfide) groups is 1. The molecule has 5 rings (SSSR count). The molecule has 0 bridgehead atoms. The number of rotatable bonds is 13. The number of aromatic amines is 1. The third-order valence-corrected chi connectivity index (χ3v) is 10.1. The lowest BCUT2D eigenvalue weighted by Gasteiger charge is -2.25. The summed E-state index contributed by atoms with van der Waals surface area (Å²) in [6.07, 6.45) is 0.496. The van der Waals surface area contributed by atoms with Crippen molar-refractivity contribution in [3.8, 4) is 5.75 Å². The van der Waals surface area contributed by atoms with Crippen molar-refractivity contribution in [2.24, 2.45) is 10.4 Å². The van der Waals surface area contributed by atoms with Crippen LogP contribution in [-0.4, -0.2) is 52.4 Å². The fourth-order valence-corrected chi connectivity index (χ4v) is 7.37. The van der Waals surface area contributed by atoms with E-state index in [1.807, 2.05) is 69.3 Å². The maximum Gasteiger partial charge on any atom is 0.337 e. The molecular weight excluding hydrogens is 756 g/mol. The van der Waals surface area contributed by atoms with E-state index in [4.69, 9.17) is 19.2 Å². The number of ether oxygens (including phenoxy) is 3. The normalized spacial score (nSPS) is 15.2. The second-order valence-corrected chi connectivity index (χ2v) is 17.0. The van der Waals surface area contributed by atoms with Gasteiger partial charge >= 0.3 is 11.9 Å². The first-order valence-electron chi connectivity index (χ1n) is 16.1. The average Bonchev–Trinajstić information content (AvgIpc) is 3.57. The number of esters is 2. The lowest BCUT2D eigenvalue weighted by atomic mass is 9.88. The summed E-state index contributed by atoms with van der Waals surface area (Å²) < 4.78 is 18.8. The van der Waals surface area contributed by atoms with Gasteiger partial charge in [0.15, 0.2) is 0 Å². The summed E-state index contributed by atoms with van der Waals surface area (Å²) in [5.41, 5.74) is 2.78. The molecule has 0 amide bonds. The molecule has 3 aromatic carbocycles. The highest BCUT2D eigenvalue weighted by Gasteiger charge is 2.36. The molecule has 254 valence electrons. The second-order valence-electron chi connectivity index (χ2n) is 13.5. The van der Waals surface area contributed by atoms with Crippen LogP contribution in [0.2, 0.25) is 0 Å². The Balaban J connectivity index is 1.58. The molecular formula is C38H42Br2N2O5S. The molecule has 2 heterocycles. The van der Waals surface area contributed by atoms with E-state index in [2.05, 4.69) is 75.8 Å². The first-order valence-corrected chi connectivity index (χ1v) is 18.8. The quantitative estimate of drug-likeness (QED) is 0.0847. The molecule has 4 aromatic rings. The van der Waals surface area contributed by atoms with Gasteiger partial charge in [0, 0.05) is 54.1 Å². The number of para-hydroxylation sites is 1. The number of carbonyl (C=O) groups is 2. The van der Waals surface area contributed by atoms with E-state index < -0.39 is 23.5 Å².